The standard InChI is InChI=1S/C19H25N3OS/c1-20(17-7-3-2-4-8-17)16-19(23)22-11-6-10-21(12-13-22)15-18-9-5-14-24-18/h2-5,7-9,14H,6,10-13,15-16H2,1H3. The average molecular weight is 343 g/mol. The zero-order valence-electron chi connectivity index (χ0n) is 14.2. The molecule has 0 N–H and O–H groups in total. The highest BCUT2D eigenvalue weighted by Crippen LogP contribution is 2.15. The van der Waals surface area contributed by atoms with Gasteiger partial charge in [-0.2, -0.15) is 0 Å². The number of carbonyl (C=O) groups is 1. The van der Waals surface area contributed by atoms with Crippen molar-refractivity contribution in [1.82, 2.24) is 9.80 Å². The lowest BCUT2D eigenvalue weighted by atomic mass is 10.3. The van der Waals surface area contributed by atoms with Gasteiger partial charge in [-0.1, -0.05) is 24.3 Å². The molecule has 4 nitrogen and oxygen atoms in total. The minimum absolute atomic E-state index is 0.222. The Hall–Kier alpha value is -1.85. The first-order valence-corrected chi connectivity index (χ1v) is 9.39. The van der Waals surface area contributed by atoms with Crippen LogP contribution in [-0.2, 0) is 11.3 Å². The minimum atomic E-state index is 0.222. The fourth-order valence-corrected chi connectivity index (χ4v) is 3.82. The van der Waals surface area contributed by atoms with E-state index in [0.717, 1.165) is 44.8 Å². The molecule has 0 bridgehead atoms. The molecule has 5 heteroatoms. The highest BCUT2D eigenvalue weighted by atomic mass is 32.1. The second-order valence-electron chi connectivity index (χ2n) is 6.28. The molecule has 0 saturated carbocycles. The van der Waals surface area contributed by atoms with E-state index in [4.69, 9.17) is 0 Å². The van der Waals surface area contributed by atoms with Crippen molar-refractivity contribution in [3.05, 3.63) is 52.7 Å². The van der Waals surface area contributed by atoms with Crippen molar-refractivity contribution in [2.75, 3.05) is 44.7 Å². The van der Waals surface area contributed by atoms with E-state index in [0.29, 0.717) is 6.54 Å². The van der Waals surface area contributed by atoms with Gasteiger partial charge >= 0.3 is 0 Å². The lowest BCUT2D eigenvalue weighted by Crippen LogP contribution is -2.41. The zero-order valence-corrected chi connectivity index (χ0v) is 15.0. The summed E-state index contributed by atoms with van der Waals surface area (Å²) in [4.78, 5) is 20.5. The predicted molar refractivity (Wildman–Crippen MR) is 101 cm³/mol. The first kappa shape index (κ1) is 17.0. The molecule has 1 amide bonds. The Kier molecular flexibility index (Phi) is 5.88. The van der Waals surface area contributed by atoms with Crippen LogP contribution < -0.4 is 4.90 Å². The van der Waals surface area contributed by atoms with Gasteiger partial charge in [-0.05, 0) is 30.0 Å². The van der Waals surface area contributed by atoms with E-state index >= 15 is 0 Å². The normalized spacial score (nSPS) is 16.0. The molecule has 0 unspecified atom stereocenters. The Morgan fingerprint density at radius 2 is 1.92 bits per heavy atom. The number of rotatable bonds is 5. The van der Waals surface area contributed by atoms with E-state index in [1.165, 1.54) is 4.88 Å². The summed E-state index contributed by atoms with van der Waals surface area (Å²) in [5.74, 6) is 0.222. The lowest BCUT2D eigenvalue weighted by Gasteiger charge is -2.25. The van der Waals surface area contributed by atoms with E-state index in [2.05, 4.69) is 22.4 Å². The fourth-order valence-electron chi connectivity index (χ4n) is 3.08. The Labute approximate surface area is 148 Å². The molecular weight excluding hydrogens is 318 g/mol. The average Bonchev–Trinajstić information content (AvgIpc) is 2.99. The quantitative estimate of drug-likeness (QED) is 0.835. The smallest absolute Gasteiger partial charge is 0.242 e. The summed E-state index contributed by atoms with van der Waals surface area (Å²) in [6.07, 6.45) is 1.05. The number of para-hydroxylation sites is 1. The molecule has 0 radical (unpaired) electrons. The predicted octanol–water partition coefficient (Wildman–Crippen LogP) is 2.92. The van der Waals surface area contributed by atoms with E-state index in [9.17, 15) is 4.79 Å². The van der Waals surface area contributed by atoms with Crippen LogP contribution in [0.1, 0.15) is 11.3 Å². The molecule has 2 heterocycles. The Morgan fingerprint density at radius 1 is 1.08 bits per heavy atom. The van der Waals surface area contributed by atoms with Gasteiger partial charge in [-0.3, -0.25) is 9.69 Å². The number of amides is 1. The van der Waals surface area contributed by atoms with Crippen molar-refractivity contribution in [2.45, 2.75) is 13.0 Å². The van der Waals surface area contributed by atoms with Crippen LogP contribution in [0.4, 0.5) is 5.69 Å². The Bertz CT molecular complexity index is 629. The molecule has 1 saturated heterocycles. The number of hydrogen-bond acceptors (Lipinski definition) is 4. The van der Waals surface area contributed by atoms with Gasteiger partial charge in [-0.25, -0.2) is 0 Å². The van der Waals surface area contributed by atoms with Crippen molar-refractivity contribution in [3.63, 3.8) is 0 Å². The molecule has 0 aliphatic carbocycles. The maximum atomic E-state index is 12.6. The third-order valence-electron chi connectivity index (χ3n) is 4.47. The van der Waals surface area contributed by atoms with Crippen molar-refractivity contribution in [3.8, 4) is 0 Å². The maximum Gasteiger partial charge on any atom is 0.242 e. The molecule has 1 aliphatic rings. The number of likely N-dealkylation sites (N-methyl/N-ethyl adjacent to an activating group) is 1. The van der Waals surface area contributed by atoms with Crippen LogP contribution in [-0.4, -0.2) is 55.5 Å². The molecule has 24 heavy (non-hydrogen) atoms. The number of nitrogens with zero attached hydrogens (tertiary/aromatic N) is 3. The second kappa shape index (κ2) is 8.31. The Morgan fingerprint density at radius 3 is 2.67 bits per heavy atom. The summed E-state index contributed by atoms with van der Waals surface area (Å²) < 4.78 is 0. The van der Waals surface area contributed by atoms with E-state index in [1.807, 2.05) is 58.5 Å². The summed E-state index contributed by atoms with van der Waals surface area (Å²) in [6, 6.07) is 14.4. The van der Waals surface area contributed by atoms with Gasteiger partial charge in [0.2, 0.25) is 5.91 Å². The SMILES string of the molecule is CN(CC(=O)N1CCCN(Cc2cccs2)CC1)c1ccccc1. The van der Waals surface area contributed by atoms with Crippen molar-refractivity contribution in [1.29, 1.82) is 0 Å². The highest BCUT2D eigenvalue weighted by Gasteiger charge is 2.20. The lowest BCUT2D eigenvalue weighted by molar-refractivity contribution is -0.129. The molecule has 0 atom stereocenters. The van der Waals surface area contributed by atoms with E-state index in [-0.39, 0.29) is 5.91 Å². The third kappa shape index (κ3) is 4.58. The van der Waals surface area contributed by atoms with Crippen LogP contribution in [0.15, 0.2) is 47.8 Å². The van der Waals surface area contributed by atoms with Crippen LogP contribution >= 0.6 is 11.3 Å². The molecule has 128 valence electrons. The summed E-state index contributed by atoms with van der Waals surface area (Å²) in [5, 5.41) is 2.13. The van der Waals surface area contributed by atoms with Gasteiger partial charge in [0, 0.05) is 50.3 Å². The molecular formula is C19H25N3OS. The topological polar surface area (TPSA) is 26.8 Å². The molecule has 0 spiro atoms. The summed E-state index contributed by atoms with van der Waals surface area (Å²) in [7, 11) is 1.98. The van der Waals surface area contributed by atoms with Gasteiger partial charge < -0.3 is 9.80 Å². The van der Waals surface area contributed by atoms with Crippen molar-refractivity contribution >= 4 is 22.9 Å². The van der Waals surface area contributed by atoms with E-state index < -0.39 is 0 Å². The number of hydrogen-bond donors (Lipinski definition) is 0. The molecule has 1 aliphatic heterocycles. The molecule has 3 rings (SSSR count). The fraction of sp³-hybridized carbons (Fsp3) is 0.421. The largest absolute Gasteiger partial charge is 0.365 e. The number of anilines is 1. The Balaban J connectivity index is 1.51. The molecule has 1 aromatic carbocycles. The van der Waals surface area contributed by atoms with Gasteiger partial charge in [-0.15, -0.1) is 11.3 Å². The van der Waals surface area contributed by atoms with Gasteiger partial charge in [0.15, 0.2) is 0 Å². The third-order valence-corrected chi connectivity index (χ3v) is 5.33. The minimum Gasteiger partial charge on any atom is -0.365 e. The first-order chi connectivity index (χ1) is 11.7. The summed E-state index contributed by atoms with van der Waals surface area (Å²) >= 11 is 1.81. The first-order valence-electron chi connectivity index (χ1n) is 8.51. The number of thiophene rings is 1. The van der Waals surface area contributed by atoms with Crippen LogP contribution in [0.5, 0.6) is 0 Å². The van der Waals surface area contributed by atoms with Crippen molar-refractivity contribution in [2.24, 2.45) is 0 Å². The van der Waals surface area contributed by atoms with Crippen LogP contribution in [0.3, 0.4) is 0 Å². The van der Waals surface area contributed by atoms with Gasteiger partial charge in [0.1, 0.15) is 0 Å². The van der Waals surface area contributed by atoms with Crippen LogP contribution in [0.25, 0.3) is 0 Å². The number of benzene rings is 1. The second-order valence-corrected chi connectivity index (χ2v) is 7.31. The number of carbonyl (C=O) groups excluding carboxylic acids is 1. The summed E-state index contributed by atoms with van der Waals surface area (Å²) in [5.41, 5.74) is 1.08. The van der Waals surface area contributed by atoms with Gasteiger partial charge in [0.25, 0.3) is 0 Å². The van der Waals surface area contributed by atoms with E-state index in [1.54, 1.807) is 0 Å². The molecule has 2 aromatic rings. The zero-order chi connectivity index (χ0) is 16.8. The molecule has 1 aromatic heterocycles. The van der Waals surface area contributed by atoms with Crippen LogP contribution in [0, 0.1) is 0 Å². The molecule has 1 fully saturated rings. The van der Waals surface area contributed by atoms with Gasteiger partial charge in [0.05, 0.1) is 6.54 Å². The highest BCUT2D eigenvalue weighted by molar-refractivity contribution is 7.09. The maximum absolute atomic E-state index is 12.6. The van der Waals surface area contributed by atoms with Crippen LogP contribution in [0.2, 0.25) is 0 Å². The summed E-state index contributed by atoms with van der Waals surface area (Å²) in [6.45, 7) is 5.16. The van der Waals surface area contributed by atoms with Crippen molar-refractivity contribution < 1.29 is 4.79 Å². The monoisotopic (exact) mass is 343 g/mol.